The summed E-state index contributed by atoms with van der Waals surface area (Å²) in [5.74, 6) is 0.0558. The van der Waals surface area contributed by atoms with Crippen molar-refractivity contribution in [2.24, 2.45) is 5.73 Å². The van der Waals surface area contributed by atoms with Crippen LogP contribution in [0.4, 0.5) is 4.39 Å². The van der Waals surface area contributed by atoms with Gasteiger partial charge in [-0.2, -0.15) is 5.26 Å². The quantitative estimate of drug-likeness (QED) is 0.930. The molecule has 0 bridgehead atoms. The summed E-state index contributed by atoms with van der Waals surface area (Å²) in [7, 11) is 0. The number of benzene rings is 2. The second-order valence-electron chi connectivity index (χ2n) is 4.68. The van der Waals surface area contributed by atoms with Gasteiger partial charge in [-0.15, -0.1) is 0 Å². The van der Waals surface area contributed by atoms with Gasteiger partial charge in [0.2, 0.25) is 0 Å². The van der Waals surface area contributed by atoms with Crippen LogP contribution in [-0.4, -0.2) is 0 Å². The molecule has 2 aromatic rings. The second-order valence-corrected chi connectivity index (χ2v) is 5.09. The van der Waals surface area contributed by atoms with Gasteiger partial charge in [0.25, 0.3) is 0 Å². The lowest BCUT2D eigenvalue weighted by Gasteiger charge is -2.12. The standard InChI is InChI=1S/C16H14ClFN2O/c1-10(20)11-3-5-16(15(17)7-11)21-9-13-6-14(18)4-2-12(13)8-19/h2-7,10H,9,20H2,1H3/t10-/m1/s1. The van der Waals surface area contributed by atoms with Crippen LogP contribution in [0.15, 0.2) is 36.4 Å². The van der Waals surface area contributed by atoms with Gasteiger partial charge in [-0.1, -0.05) is 17.7 Å². The van der Waals surface area contributed by atoms with Crippen LogP contribution in [0.25, 0.3) is 0 Å². The van der Waals surface area contributed by atoms with E-state index in [9.17, 15) is 4.39 Å². The van der Waals surface area contributed by atoms with E-state index in [0.717, 1.165) is 5.56 Å². The summed E-state index contributed by atoms with van der Waals surface area (Å²) in [4.78, 5) is 0. The van der Waals surface area contributed by atoms with Gasteiger partial charge in [-0.05, 0) is 42.8 Å². The molecule has 2 aromatic carbocycles. The molecule has 108 valence electrons. The number of nitrogens with two attached hydrogens (primary N) is 1. The first-order chi connectivity index (χ1) is 10.0. The summed E-state index contributed by atoms with van der Waals surface area (Å²) in [5, 5.41) is 9.42. The van der Waals surface area contributed by atoms with E-state index in [4.69, 9.17) is 27.3 Å². The first kappa shape index (κ1) is 15.3. The highest BCUT2D eigenvalue weighted by Gasteiger charge is 2.09. The molecule has 0 spiro atoms. The van der Waals surface area contributed by atoms with Gasteiger partial charge in [-0.3, -0.25) is 0 Å². The highest BCUT2D eigenvalue weighted by molar-refractivity contribution is 6.32. The van der Waals surface area contributed by atoms with Gasteiger partial charge in [0.05, 0.1) is 16.7 Å². The van der Waals surface area contributed by atoms with Crippen LogP contribution in [0.3, 0.4) is 0 Å². The molecule has 5 heteroatoms. The summed E-state index contributed by atoms with van der Waals surface area (Å²) < 4.78 is 18.8. The van der Waals surface area contributed by atoms with E-state index >= 15 is 0 Å². The van der Waals surface area contributed by atoms with E-state index in [-0.39, 0.29) is 12.6 Å². The highest BCUT2D eigenvalue weighted by atomic mass is 35.5. The van der Waals surface area contributed by atoms with Crippen molar-refractivity contribution >= 4 is 11.6 Å². The number of hydrogen-bond acceptors (Lipinski definition) is 3. The molecular formula is C16H14ClFN2O. The predicted molar refractivity (Wildman–Crippen MR) is 79.5 cm³/mol. The Balaban J connectivity index is 2.17. The zero-order valence-electron chi connectivity index (χ0n) is 11.4. The summed E-state index contributed by atoms with van der Waals surface area (Å²) in [5.41, 5.74) is 7.53. The van der Waals surface area contributed by atoms with E-state index in [1.165, 1.54) is 18.2 Å². The topological polar surface area (TPSA) is 59.0 Å². The smallest absolute Gasteiger partial charge is 0.138 e. The van der Waals surface area contributed by atoms with Crippen molar-refractivity contribution < 1.29 is 9.13 Å². The van der Waals surface area contributed by atoms with E-state index in [1.807, 2.05) is 19.1 Å². The number of ether oxygens (including phenoxy) is 1. The van der Waals surface area contributed by atoms with E-state index in [1.54, 1.807) is 12.1 Å². The lowest BCUT2D eigenvalue weighted by atomic mass is 10.1. The lowest BCUT2D eigenvalue weighted by molar-refractivity contribution is 0.305. The fourth-order valence-electron chi connectivity index (χ4n) is 1.86. The third-order valence-electron chi connectivity index (χ3n) is 3.05. The van der Waals surface area contributed by atoms with Crippen molar-refractivity contribution in [2.45, 2.75) is 19.6 Å². The van der Waals surface area contributed by atoms with E-state index < -0.39 is 5.82 Å². The van der Waals surface area contributed by atoms with E-state index in [0.29, 0.717) is 21.9 Å². The Hall–Kier alpha value is -2.09. The predicted octanol–water partition coefficient (Wildman–Crippen LogP) is 3.95. The van der Waals surface area contributed by atoms with Crippen LogP contribution < -0.4 is 10.5 Å². The van der Waals surface area contributed by atoms with Crippen molar-refractivity contribution in [1.82, 2.24) is 0 Å². The van der Waals surface area contributed by atoms with Crippen molar-refractivity contribution in [3.63, 3.8) is 0 Å². The Labute approximate surface area is 127 Å². The monoisotopic (exact) mass is 304 g/mol. The fraction of sp³-hybridized carbons (Fsp3) is 0.188. The third-order valence-corrected chi connectivity index (χ3v) is 3.35. The fourth-order valence-corrected chi connectivity index (χ4v) is 2.11. The van der Waals surface area contributed by atoms with Gasteiger partial charge >= 0.3 is 0 Å². The summed E-state index contributed by atoms with van der Waals surface area (Å²) >= 11 is 6.12. The Morgan fingerprint density at radius 2 is 2.10 bits per heavy atom. The number of hydrogen-bond donors (Lipinski definition) is 1. The van der Waals surface area contributed by atoms with Crippen molar-refractivity contribution in [1.29, 1.82) is 5.26 Å². The molecule has 0 fully saturated rings. The molecule has 0 aliphatic rings. The maximum Gasteiger partial charge on any atom is 0.138 e. The molecule has 0 aliphatic heterocycles. The van der Waals surface area contributed by atoms with Gasteiger partial charge in [0, 0.05) is 11.6 Å². The van der Waals surface area contributed by atoms with E-state index in [2.05, 4.69) is 0 Å². The maximum absolute atomic E-state index is 13.2. The van der Waals surface area contributed by atoms with Crippen LogP contribution in [-0.2, 0) is 6.61 Å². The molecule has 2 rings (SSSR count). The average molecular weight is 305 g/mol. The summed E-state index contributed by atoms with van der Waals surface area (Å²) in [6.07, 6.45) is 0. The Kier molecular flexibility index (Phi) is 4.79. The molecule has 0 aromatic heterocycles. The van der Waals surface area contributed by atoms with Crippen LogP contribution >= 0.6 is 11.6 Å². The normalized spacial score (nSPS) is 11.8. The molecule has 0 amide bonds. The highest BCUT2D eigenvalue weighted by Crippen LogP contribution is 2.28. The molecule has 0 saturated heterocycles. The molecule has 1 atom stereocenters. The molecule has 0 unspecified atom stereocenters. The molecular weight excluding hydrogens is 291 g/mol. The summed E-state index contributed by atoms with van der Waals surface area (Å²) in [6.45, 7) is 1.93. The number of nitrogens with zero attached hydrogens (tertiary/aromatic N) is 1. The molecule has 0 heterocycles. The first-order valence-corrected chi connectivity index (χ1v) is 6.75. The zero-order chi connectivity index (χ0) is 15.4. The Morgan fingerprint density at radius 1 is 1.33 bits per heavy atom. The van der Waals surface area contributed by atoms with Gasteiger partial charge in [-0.25, -0.2) is 4.39 Å². The van der Waals surface area contributed by atoms with Gasteiger partial charge in [0.15, 0.2) is 0 Å². The van der Waals surface area contributed by atoms with Crippen molar-refractivity contribution in [3.8, 4) is 11.8 Å². The lowest BCUT2D eigenvalue weighted by Crippen LogP contribution is -2.05. The molecule has 0 radical (unpaired) electrons. The number of rotatable bonds is 4. The summed E-state index contributed by atoms with van der Waals surface area (Å²) in [6, 6.07) is 11.1. The Morgan fingerprint density at radius 3 is 2.71 bits per heavy atom. The van der Waals surface area contributed by atoms with Crippen molar-refractivity contribution in [2.75, 3.05) is 0 Å². The van der Waals surface area contributed by atoms with Gasteiger partial charge in [0.1, 0.15) is 18.2 Å². The number of nitriles is 1. The first-order valence-electron chi connectivity index (χ1n) is 6.37. The largest absolute Gasteiger partial charge is 0.487 e. The third kappa shape index (κ3) is 3.72. The number of halogens is 2. The second kappa shape index (κ2) is 6.57. The van der Waals surface area contributed by atoms with Crippen molar-refractivity contribution in [3.05, 3.63) is 63.9 Å². The molecule has 21 heavy (non-hydrogen) atoms. The van der Waals surface area contributed by atoms with Gasteiger partial charge < -0.3 is 10.5 Å². The SMILES string of the molecule is C[C@@H](N)c1ccc(OCc2cc(F)ccc2C#N)c(Cl)c1. The Bertz CT molecular complexity index is 695. The van der Waals surface area contributed by atoms with Crippen LogP contribution in [0, 0.1) is 17.1 Å². The minimum atomic E-state index is -0.411. The molecule has 0 aliphatic carbocycles. The van der Waals surface area contributed by atoms with Crippen LogP contribution in [0.1, 0.15) is 29.7 Å². The maximum atomic E-state index is 13.2. The molecule has 2 N–H and O–H groups in total. The van der Waals surface area contributed by atoms with Crippen LogP contribution in [0.5, 0.6) is 5.75 Å². The average Bonchev–Trinajstić information content (AvgIpc) is 2.46. The minimum absolute atomic E-state index is 0.0674. The molecule has 3 nitrogen and oxygen atoms in total. The van der Waals surface area contributed by atoms with Crippen LogP contribution in [0.2, 0.25) is 5.02 Å². The zero-order valence-corrected chi connectivity index (χ0v) is 12.2. The minimum Gasteiger partial charge on any atom is -0.487 e. The molecule has 0 saturated carbocycles.